The van der Waals surface area contributed by atoms with E-state index in [2.05, 4.69) is 6.92 Å². The largest absolute Gasteiger partial charge is 0.375 e. The lowest BCUT2D eigenvalue weighted by Crippen LogP contribution is -2.29. The minimum absolute atomic E-state index is 0.211. The number of ether oxygens (including phenoxy) is 1. The van der Waals surface area contributed by atoms with E-state index in [1.807, 2.05) is 0 Å². The van der Waals surface area contributed by atoms with Crippen molar-refractivity contribution in [2.45, 2.75) is 83.8 Å². The molecule has 0 N–H and O–H groups in total. The molecule has 2 heteroatoms. The lowest BCUT2D eigenvalue weighted by atomic mass is 9.97. The standard InChI is InChI=1S/C14H26O2/c1-3-4-5-6-8-13-9-7-10-14(16-13)11-12(2)15/h13-14H,3-11H2,1-2H3/t13-,14+/m1/s1. The summed E-state index contributed by atoms with van der Waals surface area (Å²) in [4.78, 5) is 11.0. The highest BCUT2D eigenvalue weighted by Gasteiger charge is 2.22. The summed E-state index contributed by atoms with van der Waals surface area (Å²) in [5.41, 5.74) is 0. The molecule has 1 saturated heterocycles. The van der Waals surface area contributed by atoms with Gasteiger partial charge in [0.15, 0.2) is 0 Å². The number of rotatable bonds is 7. The Bertz CT molecular complexity index is 201. The van der Waals surface area contributed by atoms with Gasteiger partial charge in [-0.25, -0.2) is 0 Å². The number of unbranched alkanes of at least 4 members (excludes halogenated alkanes) is 3. The third-order valence-electron chi connectivity index (χ3n) is 3.33. The smallest absolute Gasteiger partial charge is 0.132 e. The van der Waals surface area contributed by atoms with E-state index >= 15 is 0 Å². The first-order chi connectivity index (χ1) is 7.72. The Morgan fingerprint density at radius 3 is 2.62 bits per heavy atom. The molecule has 0 aliphatic carbocycles. The molecule has 0 saturated carbocycles. The maximum absolute atomic E-state index is 11.0. The molecule has 0 amide bonds. The average molecular weight is 226 g/mol. The molecular formula is C14H26O2. The van der Waals surface area contributed by atoms with Crippen LogP contribution in [-0.4, -0.2) is 18.0 Å². The average Bonchev–Trinajstić information content (AvgIpc) is 2.24. The maximum atomic E-state index is 11.0. The second kappa shape index (κ2) is 7.83. The van der Waals surface area contributed by atoms with Crippen LogP contribution in [0, 0.1) is 0 Å². The molecule has 16 heavy (non-hydrogen) atoms. The van der Waals surface area contributed by atoms with Gasteiger partial charge in [0.05, 0.1) is 12.2 Å². The lowest BCUT2D eigenvalue weighted by molar-refractivity contribution is -0.123. The van der Waals surface area contributed by atoms with Crippen molar-refractivity contribution in [2.75, 3.05) is 0 Å². The van der Waals surface area contributed by atoms with Crippen LogP contribution in [0.25, 0.3) is 0 Å². The fourth-order valence-electron chi connectivity index (χ4n) is 2.46. The number of hydrogen-bond donors (Lipinski definition) is 0. The predicted molar refractivity (Wildman–Crippen MR) is 66.6 cm³/mol. The Kier molecular flexibility index (Phi) is 6.70. The molecule has 1 aliphatic heterocycles. The molecule has 0 aromatic heterocycles. The van der Waals surface area contributed by atoms with E-state index in [9.17, 15) is 4.79 Å². The van der Waals surface area contributed by atoms with Crippen LogP contribution in [0.4, 0.5) is 0 Å². The van der Waals surface area contributed by atoms with Crippen LogP contribution in [0.2, 0.25) is 0 Å². The number of hydrogen-bond acceptors (Lipinski definition) is 2. The quantitative estimate of drug-likeness (QED) is 0.616. The van der Waals surface area contributed by atoms with Crippen molar-refractivity contribution in [3.05, 3.63) is 0 Å². The van der Waals surface area contributed by atoms with Crippen molar-refractivity contribution < 1.29 is 9.53 Å². The molecule has 2 nitrogen and oxygen atoms in total. The highest BCUT2D eigenvalue weighted by molar-refractivity contribution is 5.75. The van der Waals surface area contributed by atoms with Gasteiger partial charge in [-0.3, -0.25) is 4.79 Å². The molecule has 1 fully saturated rings. The first-order valence-electron chi connectivity index (χ1n) is 6.87. The van der Waals surface area contributed by atoms with Crippen LogP contribution in [0.3, 0.4) is 0 Å². The van der Waals surface area contributed by atoms with Crippen LogP contribution in [0.15, 0.2) is 0 Å². The first kappa shape index (κ1) is 13.7. The lowest BCUT2D eigenvalue weighted by Gasteiger charge is -2.29. The van der Waals surface area contributed by atoms with Crippen molar-refractivity contribution in [1.29, 1.82) is 0 Å². The van der Waals surface area contributed by atoms with E-state index in [0.717, 1.165) is 6.42 Å². The molecule has 1 aliphatic rings. The fourth-order valence-corrected chi connectivity index (χ4v) is 2.46. The normalized spacial score (nSPS) is 25.6. The molecule has 0 spiro atoms. The Balaban J connectivity index is 2.14. The van der Waals surface area contributed by atoms with Gasteiger partial charge in [-0.2, -0.15) is 0 Å². The van der Waals surface area contributed by atoms with Crippen molar-refractivity contribution in [3.8, 4) is 0 Å². The second-order valence-electron chi connectivity index (χ2n) is 5.07. The third kappa shape index (κ3) is 5.64. The maximum Gasteiger partial charge on any atom is 0.132 e. The van der Waals surface area contributed by atoms with Crippen molar-refractivity contribution in [1.82, 2.24) is 0 Å². The Morgan fingerprint density at radius 1 is 1.19 bits per heavy atom. The summed E-state index contributed by atoms with van der Waals surface area (Å²) in [6.07, 6.45) is 11.2. The first-order valence-corrected chi connectivity index (χ1v) is 6.87. The van der Waals surface area contributed by atoms with Gasteiger partial charge in [-0.15, -0.1) is 0 Å². The summed E-state index contributed by atoms with van der Waals surface area (Å²) in [5, 5.41) is 0. The van der Waals surface area contributed by atoms with E-state index in [1.54, 1.807) is 6.92 Å². The van der Waals surface area contributed by atoms with Gasteiger partial charge in [0, 0.05) is 6.42 Å². The third-order valence-corrected chi connectivity index (χ3v) is 3.33. The number of ketones is 1. The van der Waals surface area contributed by atoms with Gasteiger partial charge in [-0.1, -0.05) is 32.6 Å². The minimum Gasteiger partial charge on any atom is -0.375 e. The highest BCUT2D eigenvalue weighted by atomic mass is 16.5. The van der Waals surface area contributed by atoms with Crippen LogP contribution in [0.5, 0.6) is 0 Å². The zero-order chi connectivity index (χ0) is 11.8. The van der Waals surface area contributed by atoms with Gasteiger partial charge in [0.25, 0.3) is 0 Å². The van der Waals surface area contributed by atoms with Crippen molar-refractivity contribution in [3.63, 3.8) is 0 Å². The second-order valence-corrected chi connectivity index (χ2v) is 5.07. The summed E-state index contributed by atoms with van der Waals surface area (Å²) in [6.45, 7) is 3.90. The summed E-state index contributed by atoms with van der Waals surface area (Å²) in [5.74, 6) is 0.261. The molecule has 1 rings (SSSR count). The van der Waals surface area contributed by atoms with Crippen LogP contribution < -0.4 is 0 Å². The Morgan fingerprint density at radius 2 is 1.94 bits per heavy atom. The topological polar surface area (TPSA) is 26.3 Å². The van der Waals surface area contributed by atoms with E-state index in [1.165, 1.54) is 44.9 Å². The zero-order valence-corrected chi connectivity index (χ0v) is 10.8. The molecule has 0 unspecified atom stereocenters. The Hall–Kier alpha value is -0.370. The van der Waals surface area contributed by atoms with Gasteiger partial charge in [-0.05, 0) is 32.6 Å². The van der Waals surface area contributed by atoms with Crippen LogP contribution in [-0.2, 0) is 9.53 Å². The van der Waals surface area contributed by atoms with Gasteiger partial charge < -0.3 is 4.74 Å². The molecule has 0 radical (unpaired) electrons. The molecule has 94 valence electrons. The molecular weight excluding hydrogens is 200 g/mol. The fraction of sp³-hybridized carbons (Fsp3) is 0.929. The van der Waals surface area contributed by atoms with E-state index in [4.69, 9.17) is 4.74 Å². The Labute approximate surface area is 99.8 Å². The summed E-state index contributed by atoms with van der Waals surface area (Å²) < 4.78 is 5.96. The van der Waals surface area contributed by atoms with Gasteiger partial charge >= 0.3 is 0 Å². The predicted octanol–water partition coefficient (Wildman–Crippen LogP) is 3.87. The zero-order valence-electron chi connectivity index (χ0n) is 10.8. The van der Waals surface area contributed by atoms with E-state index in [-0.39, 0.29) is 11.9 Å². The van der Waals surface area contributed by atoms with Gasteiger partial charge in [0.1, 0.15) is 5.78 Å². The van der Waals surface area contributed by atoms with E-state index in [0.29, 0.717) is 12.5 Å². The summed E-state index contributed by atoms with van der Waals surface area (Å²) in [7, 11) is 0. The number of Topliss-reactive ketones (excluding diaryl/α,β-unsaturated/α-hetero) is 1. The molecule has 2 atom stereocenters. The van der Waals surface area contributed by atoms with Crippen molar-refractivity contribution >= 4 is 5.78 Å². The monoisotopic (exact) mass is 226 g/mol. The minimum atomic E-state index is 0.211. The summed E-state index contributed by atoms with van der Waals surface area (Å²) >= 11 is 0. The van der Waals surface area contributed by atoms with Crippen molar-refractivity contribution in [2.24, 2.45) is 0 Å². The molecule has 0 bridgehead atoms. The van der Waals surface area contributed by atoms with Gasteiger partial charge in [0.2, 0.25) is 0 Å². The van der Waals surface area contributed by atoms with Crippen LogP contribution >= 0.6 is 0 Å². The summed E-state index contributed by atoms with van der Waals surface area (Å²) in [6, 6.07) is 0. The number of carbonyl (C=O) groups excluding carboxylic acids is 1. The molecule has 1 heterocycles. The SMILES string of the molecule is CCCCCC[C@@H]1CCC[C@@H](CC(C)=O)O1. The highest BCUT2D eigenvalue weighted by Crippen LogP contribution is 2.24. The molecule has 0 aromatic rings. The van der Waals surface area contributed by atoms with E-state index < -0.39 is 0 Å². The van der Waals surface area contributed by atoms with Crippen LogP contribution in [0.1, 0.15) is 71.6 Å². The number of carbonyl (C=O) groups is 1. The molecule has 0 aromatic carbocycles.